The normalized spacial score (nSPS) is 16.5. The second-order valence-corrected chi connectivity index (χ2v) is 12.3. The fourth-order valence-electron chi connectivity index (χ4n) is 4.57. The van der Waals surface area contributed by atoms with Crippen molar-refractivity contribution < 1.29 is 22.0 Å². The average Bonchev–Trinajstić information content (AvgIpc) is 3.77. The number of amides is 1. The van der Waals surface area contributed by atoms with Gasteiger partial charge >= 0.3 is 0 Å². The third-order valence-electron chi connectivity index (χ3n) is 6.81. The maximum atomic E-state index is 13.6. The molecule has 1 heterocycles. The van der Waals surface area contributed by atoms with Crippen LogP contribution in [-0.2, 0) is 26.7 Å². The SMILES string of the molecule is O=C(Cc1ccc(S(=O)(=O)NC2CC2)cc1)Nc1cc(Cl)c(C2(c3nc4ccc(F)cc4o3)CC2)c(Cl)c1. The van der Waals surface area contributed by atoms with Crippen molar-refractivity contribution in [3.05, 3.63) is 87.5 Å². The zero-order valence-corrected chi connectivity index (χ0v) is 22.3. The Morgan fingerprint density at radius 2 is 1.74 bits per heavy atom. The first-order chi connectivity index (χ1) is 18.1. The van der Waals surface area contributed by atoms with Gasteiger partial charge in [-0.2, -0.15) is 0 Å². The van der Waals surface area contributed by atoms with Crippen LogP contribution in [0, 0.1) is 5.82 Å². The molecule has 0 aliphatic heterocycles. The fraction of sp³-hybridized carbons (Fsp3) is 0.259. The maximum Gasteiger partial charge on any atom is 0.240 e. The summed E-state index contributed by atoms with van der Waals surface area (Å²) in [5.74, 6) is -0.289. The van der Waals surface area contributed by atoms with E-state index in [0.29, 0.717) is 43.9 Å². The Hall–Kier alpha value is -2.98. The predicted octanol–water partition coefficient (Wildman–Crippen LogP) is 5.98. The molecule has 4 aromatic rings. The lowest BCUT2D eigenvalue weighted by atomic mass is 9.95. The predicted molar refractivity (Wildman–Crippen MR) is 143 cm³/mol. The number of oxazole rings is 1. The molecule has 2 N–H and O–H groups in total. The van der Waals surface area contributed by atoms with E-state index in [9.17, 15) is 17.6 Å². The molecular formula is C27H22Cl2FN3O4S. The first kappa shape index (κ1) is 25.3. The number of hydrogen-bond donors (Lipinski definition) is 2. The summed E-state index contributed by atoms with van der Waals surface area (Å²) >= 11 is 13.3. The van der Waals surface area contributed by atoms with E-state index in [1.165, 1.54) is 24.3 Å². The van der Waals surface area contributed by atoms with Gasteiger partial charge in [-0.25, -0.2) is 22.5 Å². The Balaban J connectivity index is 1.17. The van der Waals surface area contributed by atoms with E-state index in [1.54, 1.807) is 30.3 Å². The van der Waals surface area contributed by atoms with E-state index < -0.39 is 21.3 Å². The molecule has 196 valence electrons. The summed E-state index contributed by atoms with van der Waals surface area (Å²) in [6.45, 7) is 0. The molecule has 0 unspecified atom stereocenters. The van der Waals surface area contributed by atoms with E-state index in [2.05, 4.69) is 15.0 Å². The molecule has 2 fully saturated rings. The van der Waals surface area contributed by atoms with Crippen molar-refractivity contribution >= 4 is 55.9 Å². The highest BCUT2D eigenvalue weighted by atomic mass is 35.5. The Morgan fingerprint density at radius 3 is 2.37 bits per heavy atom. The van der Waals surface area contributed by atoms with Crippen molar-refractivity contribution in [2.24, 2.45) is 0 Å². The quantitative estimate of drug-likeness (QED) is 0.270. The van der Waals surface area contributed by atoms with Crippen molar-refractivity contribution in [1.82, 2.24) is 9.71 Å². The van der Waals surface area contributed by atoms with Gasteiger partial charge in [-0.3, -0.25) is 4.79 Å². The maximum absolute atomic E-state index is 13.6. The number of anilines is 1. The topological polar surface area (TPSA) is 101 Å². The number of nitrogens with one attached hydrogen (secondary N) is 2. The van der Waals surface area contributed by atoms with Crippen LogP contribution in [0.1, 0.15) is 42.7 Å². The minimum absolute atomic E-state index is 0.0184. The summed E-state index contributed by atoms with van der Waals surface area (Å²) < 4.78 is 46.8. The number of carbonyl (C=O) groups excluding carboxylic acids is 1. The molecule has 0 saturated heterocycles. The van der Waals surface area contributed by atoms with Gasteiger partial charge in [-0.05, 0) is 67.6 Å². The highest BCUT2D eigenvalue weighted by molar-refractivity contribution is 7.89. The van der Waals surface area contributed by atoms with Crippen LogP contribution in [-0.4, -0.2) is 25.4 Å². The molecular weight excluding hydrogens is 552 g/mol. The van der Waals surface area contributed by atoms with Gasteiger partial charge in [0.1, 0.15) is 11.3 Å². The van der Waals surface area contributed by atoms with Crippen molar-refractivity contribution in [2.75, 3.05) is 5.32 Å². The molecule has 2 aliphatic carbocycles. The monoisotopic (exact) mass is 573 g/mol. The first-order valence-corrected chi connectivity index (χ1v) is 14.3. The highest BCUT2D eigenvalue weighted by Gasteiger charge is 2.52. The summed E-state index contributed by atoms with van der Waals surface area (Å²) in [5.41, 5.74) is 2.04. The van der Waals surface area contributed by atoms with Crippen LogP contribution in [0.4, 0.5) is 10.1 Å². The van der Waals surface area contributed by atoms with Gasteiger partial charge in [0.15, 0.2) is 5.58 Å². The second-order valence-electron chi connectivity index (χ2n) is 9.79. The van der Waals surface area contributed by atoms with Crippen LogP contribution >= 0.6 is 23.2 Å². The number of benzene rings is 3. The van der Waals surface area contributed by atoms with E-state index in [1.807, 2.05) is 0 Å². The zero-order chi connectivity index (χ0) is 26.7. The molecule has 0 bridgehead atoms. The van der Waals surface area contributed by atoms with E-state index in [4.69, 9.17) is 27.6 Å². The molecule has 7 nitrogen and oxygen atoms in total. The number of rotatable bonds is 8. The van der Waals surface area contributed by atoms with Crippen molar-refractivity contribution in [1.29, 1.82) is 0 Å². The van der Waals surface area contributed by atoms with Crippen LogP contribution in [0.15, 0.2) is 63.9 Å². The zero-order valence-electron chi connectivity index (χ0n) is 19.9. The highest BCUT2D eigenvalue weighted by Crippen LogP contribution is 2.57. The lowest BCUT2D eigenvalue weighted by Gasteiger charge is -2.17. The molecule has 2 aliphatic rings. The minimum atomic E-state index is -3.55. The van der Waals surface area contributed by atoms with Crippen molar-refractivity contribution in [3.8, 4) is 0 Å². The Labute approximate surface area is 228 Å². The van der Waals surface area contributed by atoms with Crippen LogP contribution in [0.3, 0.4) is 0 Å². The van der Waals surface area contributed by atoms with Gasteiger partial charge in [0.25, 0.3) is 0 Å². The number of fused-ring (bicyclic) bond motifs is 1. The molecule has 0 atom stereocenters. The van der Waals surface area contributed by atoms with E-state index in [-0.39, 0.29) is 23.3 Å². The molecule has 1 amide bonds. The number of carbonyl (C=O) groups is 1. The van der Waals surface area contributed by atoms with Crippen LogP contribution in [0.25, 0.3) is 11.1 Å². The van der Waals surface area contributed by atoms with E-state index in [0.717, 1.165) is 25.7 Å². The van der Waals surface area contributed by atoms with Crippen LogP contribution in [0.2, 0.25) is 10.0 Å². The Kier molecular flexibility index (Phi) is 6.22. The summed E-state index contributed by atoms with van der Waals surface area (Å²) in [6.07, 6.45) is 3.18. The molecule has 0 radical (unpaired) electrons. The van der Waals surface area contributed by atoms with Gasteiger partial charge in [-0.15, -0.1) is 0 Å². The van der Waals surface area contributed by atoms with Crippen LogP contribution in [0.5, 0.6) is 0 Å². The number of halogens is 3. The standard InChI is InChI=1S/C27H22Cl2FN3O4S/c28-20-13-18(31-24(34)11-15-1-6-19(7-2-15)38(35,36)33-17-4-5-17)14-21(29)25(20)27(9-10-27)26-32-22-8-3-16(30)12-23(22)37-26/h1-3,6-8,12-14,17,33H,4-5,9-11H2,(H,31,34). The summed E-state index contributed by atoms with van der Waals surface area (Å²) in [5, 5.41) is 3.51. The Bertz CT molecular complexity index is 1660. The van der Waals surface area contributed by atoms with Gasteiger partial charge in [0, 0.05) is 33.4 Å². The Morgan fingerprint density at radius 1 is 1.05 bits per heavy atom. The van der Waals surface area contributed by atoms with Gasteiger partial charge < -0.3 is 9.73 Å². The second kappa shape index (κ2) is 9.34. The number of hydrogen-bond acceptors (Lipinski definition) is 5. The molecule has 2 saturated carbocycles. The molecule has 6 rings (SSSR count). The third kappa shape index (κ3) is 4.91. The summed E-state index contributed by atoms with van der Waals surface area (Å²) in [4.78, 5) is 17.4. The summed E-state index contributed by atoms with van der Waals surface area (Å²) in [6, 6.07) is 13.7. The first-order valence-electron chi connectivity index (χ1n) is 12.1. The lowest BCUT2D eigenvalue weighted by molar-refractivity contribution is -0.115. The molecule has 3 aromatic carbocycles. The average molecular weight is 574 g/mol. The van der Waals surface area contributed by atoms with Crippen molar-refractivity contribution in [3.63, 3.8) is 0 Å². The largest absolute Gasteiger partial charge is 0.440 e. The van der Waals surface area contributed by atoms with Gasteiger partial charge in [-0.1, -0.05) is 35.3 Å². The van der Waals surface area contributed by atoms with E-state index >= 15 is 0 Å². The van der Waals surface area contributed by atoms with Gasteiger partial charge in [0.2, 0.25) is 21.8 Å². The molecule has 38 heavy (non-hydrogen) atoms. The third-order valence-corrected chi connectivity index (χ3v) is 8.94. The lowest BCUT2D eigenvalue weighted by Crippen LogP contribution is -2.25. The van der Waals surface area contributed by atoms with Gasteiger partial charge in [0.05, 0.1) is 16.7 Å². The minimum Gasteiger partial charge on any atom is -0.440 e. The summed E-state index contributed by atoms with van der Waals surface area (Å²) in [7, 11) is -3.55. The van der Waals surface area contributed by atoms with Crippen LogP contribution < -0.4 is 10.0 Å². The smallest absolute Gasteiger partial charge is 0.240 e. The number of sulfonamides is 1. The van der Waals surface area contributed by atoms with Crippen molar-refractivity contribution in [2.45, 2.75) is 48.5 Å². The molecule has 1 aromatic heterocycles. The molecule has 0 spiro atoms. The fourth-order valence-corrected chi connectivity index (χ4v) is 6.72. The number of nitrogens with zero attached hydrogens (tertiary/aromatic N) is 1. The number of aromatic nitrogens is 1. The molecule has 11 heteroatoms.